The van der Waals surface area contributed by atoms with Gasteiger partial charge in [0.05, 0.1) is 17.5 Å². The molecule has 2 fully saturated rings. The van der Waals surface area contributed by atoms with Crippen LogP contribution in [0.25, 0.3) is 0 Å². The summed E-state index contributed by atoms with van der Waals surface area (Å²) in [6, 6.07) is 6.03. The molecule has 1 aromatic carbocycles. The normalized spacial score (nSPS) is 25.5. The smallest absolute Gasteiger partial charge is 0.244 e. The van der Waals surface area contributed by atoms with Crippen LogP contribution in [0, 0.1) is 6.92 Å². The molecule has 0 aliphatic carbocycles. The first-order valence-electron chi connectivity index (χ1n) is 8.87. The highest BCUT2D eigenvalue weighted by molar-refractivity contribution is 8.16. The summed E-state index contributed by atoms with van der Waals surface area (Å²) in [5.41, 5.74) is 3.12. The molecule has 0 radical (unpaired) electrons. The standard InChI is InChI=1S/C18H25N3O3S2/c1-5-20(6-2)14-7-8-15(12(3)9-14)21-16-10-26(23,24)11-17(16)25-18(21)19-13(4)22/h7-9,16-17H,5-6,10-11H2,1-4H3/t16-,17-/m0/s1. The van der Waals surface area contributed by atoms with Gasteiger partial charge in [-0.15, -0.1) is 0 Å². The third kappa shape index (κ3) is 3.62. The van der Waals surface area contributed by atoms with Crippen molar-refractivity contribution in [2.24, 2.45) is 4.99 Å². The van der Waals surface area contributed by atoms with Crippen molar-refractivity contribution in [1.29, 1.82) is 0 Å². The number of aryl methyl sites for hydroxylation is 1. The fraction of sp³-hybridized carbons (Fsp3) is 0.556. The second-order valence-electron chi connectivity index (χ2n) is 6.73. The Bertz CT molecular complexity index is 847. The number of carbonyl (C=O) groups excluding carboxylic acids is 1. The molecule has 1 aromatic rings. The molecule has 142 valence electrons. The molecule has 2 saturated heterocycles. The minimum Gasteiger partial charge on any atom is -0.372 e. The van der Waals surface area contributed by atoms with Crippen LogP contribution in [0.4, 0.5) is 11.4 Å². The van der Waals surface area contributed by atoms with E-state index in [4.69, 9.17) is 0 Å². The molecule has 0 bridgehead atoms. The number of carbonyl (C=O) groups is 1. The highest BCUT2D eigenvalue weighted by Crippen LogP contribution is 2.42. The van der Waals surface area contributed by atoms with Gasteiger partial charge in [0.25, 0.3) is 0 Å². The summed E-state index contributed by atoms with van der Waals surface area (Å²) in [6.45, 7) is 9.54. The summed E-state index contributed by atoms with van der Waals surface area (Å²) in [5.74, 6) is -0.0109. The quantitative estimate of drug-likeness (QED) is 0.780. The number of fused-ring (bicyclic) bond motifs is 1. The summed E-state index contributed by atoms with van der Waals surface area (Å²) in [5, 5.41) is 0.543. The van der Waals surface area contributed by atoms with Gasteiger partial charge in [0.1, 0.15) is 0 Å². The fourth-order valence-electron chi connectivity index (χ4n) is 3.68. The molecule has 0 saturated carbocycles. The van der Waals surface area contributed by atoms with Crippen molar-refractivity contribution in [2.45, 2.75) is 39.0 Å². The number of hydrogen-bond donors (Lipinski definition) is 0. The topological polar surface area (TPSA) is 70.0 Å². The third-order valence-corrected chi connectivity index (χ3v) is 8.10. The van der Waals surface area contributed by atoms with Crippen LogP contribution in [-0.2, 0) is 14.6 Å². The van der Waals surface area contributed by atoms with Crippen molar-refractivity contribution in [2.75, 3.05) is 34.4 Å². The van der Waals surface area contributed by atoms with Crippen molar-refractivity contribution in [3.8, 4) is 0 Å². The van der Waals surface area contributed by atoms with E-state index in [1.54, 1.807) is 0 Å². The van der Waals surface area contributed by atoms with E-state index in [2.05, 4.69) is 35.9 Å². The van der Waals surface area contributed by atoms with E-state index in [1.165, 1.54) is 18.7 Å². The van der Waals surface area contributed by atoms with Crippen LogP contribution in [0.3, 0.4) is 0 Å². The zero-order chi connectivity index (χ0) is 19.1. The van der Waals surface area contributed by atoms with E-state index < -0.39 is 9.84 Å². The number of amides is 1. The zero-order valence-corrected chi connectivity index (χ0v) is 17.2. The van der Waals surface area contributed by atoms with Gasteiger partial charge in [0.2, 0.25) is 5.91 Å². The zero-order valence-electron chi connectivity index (χ0n) is 15.6. The van der Waals surface area contributed by atoms with E-state index in [9.17, 15) is 13.2 Å². The minimum absolute atomic E-state index is 0.0695. The Kier molecular flexibility index (Phi) is 5.35. The van der Waals surface area contributed by atoms with Crippen molar-refractivity contribution in [3.63, 3.8) is 0 Å². The van der Waals surface area contributed by atoms with Gasteiger partial charge in [-0.3, -0.25) is 4.79 Å². The molecule has 3 rings (SSSR count). The van der Waals surface area contributed by atoms with Gasteiger partial charge < -0.3 is 9.80 Å². The summed E-state index contributed by atoms with van der Waals surface area (Å²) in [7, 11) is -3.05. The highest BCUT2D eigenvalue weighted by Gasteiger charge is 2.49. The average Bonchev–Trinajstić information content (AvgIpc) is 2.99. The monoisotopic (exact) mass is 395 g/mol. The molecule has 1 amide bonds. The Hall–Kier alpha value is -1.54. The van der Waals surface area contributed by atoms with E-state index >= 15 is 0 Å². The summed E-state index contributed by atoms with van der Waals surface area (Å²) in [4.78, 5) is 20.0. The minimum atomic E-state index is -3.05. The molecule has 2 heterocycles. The number of aliphatic imine (C=N–C) groups is 1. The van der Waals surface area contributed by atoms with Gasteiger partial charge in [0.15, 0.2) is 15.0 Å². The Balaban J connectivity index is 2.02. The number of anilines is 2. The van der Waals surface area contributed by atoms with E-state index in [-0.39, 0.29) is 28.7 Å². The maximum Gasteiger partial charge on any atom is 0.244 e. The van der Waals surface area contributed by atoms with Crippen LogP contribution < -0.4 is 9.80 Å². The highest BCUT2D eigenvalue weighted by atomic mass is 32.2. The van der Waals surface area contributed by atoms with Gasteiger partial charge in [-0.05, 0) is 44.5 Å². The largest absolute Gasteiger partial charge is 0.372 e. The van der Waals surface area contributed by atoms with E-state index in [0.717, 1.165) is 30.0 Å². The molecule has 6 nitrogen and oxygen atoms in total. The predicted molar refractivity (Wildman–Crippen MR) is 109 cm³/mol. The van der Waals surface area contributed by atoms with Crippen LogP contribution in [-0.4, -0.2) is 55.4 Å². The molecular formula is C18H25N3O3S2. The Morgan fingerprint density at radius 1 is 1.31 bits per heavy atom. The third-order valence-electron chi connectivity index (χ3n) is 4.89. The molecule has 0 spiro atoms. The summed E-state index contributed by atoms with van der Waals surface area (Å²) >= 11 is 1.41. The maximum atomic E-state index is 12.1. The van der Waals surface area contributed by atoms with Crippen LogP contribution in [0.2, 0.25) is 0 Å². The van der Waals surface area contributed by atoms with Gasteiger partial charge >= 0.3 is 0 Å². The summed E-state index contributed by atoms with van der Waals surface area (Å²) in [6.07, 6.45) is 0. The fourth-order valence-corrected chi connectivity index (χ4v) is 7.63. The van der Waals surface area contributed by atoms with Crippen LogP contribution in [0.5, 0.6) is 0 Å². The Morgan fingerprint density at radius 2 is 2.00 bits per heavy atom. The van der Waals surface area contributed by atoms with Gasteiger partial charge in [-0.2, -0.15) is 4.99 Å². The maximum absolute atomic E-state index is 12.1. The number of sulfone groups is 1. The Labute approximate surface area is 159 Å². The summed E-state index contributed by atoms with van der Waals surface area (Å²) < 4.78 is 24.2. The van der Waals surface area contributed by atoms with Crippen molar-refractivity contribution in [3.05, 3.63) is 23.8 Å². The molecule has 26 heavy (non-hydrogen) atoms. The number of amidine groups is 1. The van der Waals surface area contributed by atoms with Crippen molar-refractivity contribution >= 4 is 44.0 Å². The Morgan fingerprint density at radius 3 is 2.58 bits per heavy atom. The SMILES string of the molecule is CCN(CC)c1ccc(N2C(=NC(C)=O)S[C@H]3CS(=O)(=O)C[C@@H]32)c(C)c1. The molecule has 2 atom stereocenters. The molecular weight excluding hydrogens is 370 g/mol. The lowest BCUT2D eigenvalue weighted by Gasteiger charge is -2.28. The molecule has 0 unspecified atom stereocenters. The van der Waals surface area contributed by atoms with Gasteiger partial charge in [-0.1, -0.05) is 11.8 Å². The van der Waals surface area contributed by atoms with Crippen molar-refractivity contribution < 1.29 is 13.2 Å². The lowest BCUT2D eigenvalue weighted by molar-refractivity contribution is -0.115. The number of rotatable bonds is 4. The second-order valence-corrected chi connectivity index (χ2v) is 10.1. The van der Waals surface area contributed by atoms with Crippen LogP contribution in [0.15, 0.2) is 23.2 Å². The van der Waals surface area contributed by atoms with E-state index in [1.807, 2.05) is 17.9 Å². The number of hydrogen-bond acceptors (Lipinski definition) is 5. The molecule has 0 aromatic heterocycles. The van der Waals surface area contributed by atoms with Gasteiger partial charge in [-0.25, -0.2) is 8.42 Å². The number of thioether (sulfide) groups is 1. The number of benzene rings is 1. The van der Waals surface area contributed by atoms with Crippen LogP contribution in [0.1, 0.15) is 26.3 Å². The predicted octanol–water partition coefficient (Wildman–Crippen LogP) is 2.46. The molecule has 2 aliphatic rings. The average molecular weight is 396 g/mol. The van der Waals surface area contributed by atoms with Crippen molar-refractivity contribution in [1.82, 2.24) is 0 Å². The lowest BCUT2D eigenvalue weighted by Crippen LogP contribution is -2.38. The molecule has 0 N–H and O–H groups in total. The number of nitrogens with zero attached hydrogens (tertiary/aromatic N) is 3. The van der Waals surface area contributed by atoms with Gasteiger partial charge in [0, 0.05) is 36.6 Å². The first kappa shape index (κ1) is 19.2. The molecule has 8 heteroatoms. The lowest BCUT2D eigenvalue weighted by atomic mass is 10.1. The van der Waals surface area contributed by atoms with Crippen LogP contribution >= 0.6 is 11.8 Å². The molecule has 2 aliphatic heterocycles. The first-order valence-corrected chi connectivity index (χ1v) is 11.6. The second kappa shape index (κ2) is 7.23. The first-order chi connectivity index (χ1) is 12.3. The van der Waals surface area contributed by atoms with E-state index in [0.29, 0.717) is 5.17 Å².